The Morgan fingerprint density at radius 2 is 2.08 bits per heavy atom. The van der Waals surface area contributed by atoms with Gasteiger partial charge < -0.3 is 5.73 Å². The molecule has 2 N–H and O–H groups in total. The van der Waals surface area contributed by atoms with Crippen LogP contribution in [0, 0.1) is 0 Å². The fraction of sp³-hybridized carbons (Fsp3) is 0.714. The molecule has 2 rings (SSSR count). The van der Waals surface area contributed by atoms with Crippen LogP contribution in [0.4, 0.5) is 5.13 Å². The molecule has 0 radical (unpaired) electrons. The van der Waals surface area contributed by atoms with Crippen LogP contribution in [0.25, 0.3) is 0 Å². The first kappa shape index (κ1) is 7.94. The zero-order chi connectivity index (χ0) is 8.39. The molecule has 0 aliphatic carbocycles. The van der Waals surface area contributed by atoms with Crippen molar-refractivity contribution in [1.82, 2.24) is 15.1 Å². The molecule has 2 heterocycles. The molecule has 0 unspecified atom stereocenters. The topological polar surface area (TPSA) is 55.0 Å². The van der Waals surface area contributed by atoms with Crippen molar-refractivity contribution in [3.05, 3.63) is 5.01 Å². The zero-order valence-corrected chi connectivity index (χ0v) is 7.68. The Balaban J connectivity index is 1.94. The van der Waals surface area contributed by atoms with Crippen LogP contribution >= 0.6 is 11.3 Å². The van der Waals surface area contributed by atoms with Gasteiger partial charge in [0.2, 0.25) is 5.13 Å². The van der Waals surface area contributed by atoms with E-state index >= 15 is 0 Å². The Kier molecular flexibility index (Phi) is 2.23. The van der Waals surface area contributed by atoms with E-state index in [-0.39, 0.29) is 0 Å². The summed E-state index contributed by atoms with van der Waals surface area (Å²) in [5.41, 5.74) is 5.48. The number of rotatable bonds is 2. The van der Waals surface area contributed by atoms with E-state index in [4.69, 9.17) is 5.73 Å². The van der Waals surface area contributed by atoms with Gasteiger partial charge >= 0.3 is 0 Å². The molecule has 1 aromatic rings. The van der Waals surface area contributed by atoms with Gasteiger partial charge in [0.1, 0.15) is 5.01 Å². The first-order valence-corrected chi connectivity index (χ1v) is 4.96. The standard InChI is InChI=1S/C7H12N4S/c8-7-10-9-6(12-7)5-11-3-1-2-4-11/h1-5H2,(H2,8,10). The molecule has 1 saturated heterocycles. The molecular weight excluding hydrogens is 172 g/mol. The second-order valence-electron chi connectivity index (χ2n) is 3.02. The lowest BCUT2D eigenvalue weighted by Gasteiger charge is -2.10. The van der Waals surface area contributed by atoms with Crippen LogP contribution in [-0.2, 0) is 6.54 Å². The number of aromatic nitrogens is 2. The van der Waals surface area contributed by atoms with Crippen LogP contribution in [0.5, 0.6) is 0 Å². The van der Waals surface area contributed by atoms with E-state index in [9.17, 15) is 0 Å². The molecule has 1 fully saturated rings. The molecule has 1 aliphatic rings. The highest BCUT2D eigenvalue weighted by molar-refractivity contribution is 7.15. The Morgan fingerprint density at radius 1 is 1.33 bits per heavy atom. The Bertz CT molecular complexity index is 254. The molecule has 0 bridgehead atoms. The van der Waals surface area contributed by atoms with Gasteiger partial charge in [-0.25, -0.2) is 0 Å². The minimum absolute atomic E-state index is 0.573. The minimum atomic E-state index is 0.573. The fourth-order valence-corrected chi connectivity index (χ4v) is 2.11. The summed E-state index contributed by atoms with van der Waals surface area (Å²) in [5.74, 6) is 0. The number of nitrogens with two attached hydrogens (primary N) is 1. The molecule has 12 heavy (non-hydrogen) atoms. The summed E-state index contributed by atoms with van der Waals surface area (Å²) in [6.07, 6.45) is 2.63. The Hall–Kier alpha value is -0.680. The lowest BCUT2D eigenvalue weighted by atomic mass is 10.4. The average Bonchev–Trinajstić information content (AvgIpc) is 2.63. The predicted molar refractivity (Wildman–Crippen MR) is 48.8 cm³/mol. The minimum Gasteiger partial charge on any atom is -0.374 e. The largest absolute Gasteiger partial charge is 0.374 e. The average molecular weight is 184 g/mol. The molecule has 1 aromatic heterocycles. The Labute approximate surface area is 75.4 Å². The quantitative estimate of drug-likeness (QED) is 0.735. The van der Waals surface area contributed by atoms with Gasteiger partial charge in [-0.3, -0.25) is 4.90 Å². The summed E-state index contributed by atoms with van der Waals surface area (Å²) >= 11 is 1.49. The number of nitrogens with zero attached hydrogens (tertiary/aromatic N) is 3. The van der Waals surface area contributed by atoms with Crippen molar-refractivity contribution in [3.63, 3.8) is 0 Å². The number of anilines is 1. The summed E-state index contributed by atoms with van der Waals surface area (Å²) in [5, 5.41) is 9.37. The summed E-state index contributed by atoms with van der Waals surface area (Å²) in [4.78, 5) is 2.39. The molecule has 5 heteroatoms. The highest BCUT2D eigenvalue weighted by atomic mass is 32.1. The van der Waals surface area contributed by atoms with E-state index in [0.29, 0.717) is 5.13 Å². The molecule has 0 spiro atoms. The van der Waals surface area contributed by atoms with Crippen LogP contribution in [-0.4, -0.2) is 28.2 Å². The van der Waals surface area contributed by atoms with Gasteiger partial charge in [-0.15, -0.1) is 10.2 Å². The molecular formula is C7H12N4S. The van der Waals surface area contributed by atoms with E-state index < -0.39 is 0 Å². The summed E-state index contributed by atoms with van der Waals surface area (Å²) in [6.45, 7) is 3.31. The first-order valence-electron chi connectivity index (χ1n) is 4.15. The molecule has 1 aliphatic heterocycles. The third-order valence-electron chi connectivity index (χ3n) is 2.04. The van der Waals surface area contributed by atoms with E-state index in [1.54, 1.807) is 0 Å². The van der Waals surface area contributed by atoms with Gasteiger partial charge in [0.15, 0.2) is 0 Å². The predicted octanol–water partition coefficient (Wildman–Crippen LogP) is 0.716. The molecule has 0 saturated carbocycles. The monoisotopic (exact) mass is 184 g/mol. The molecule has 0 aromatic carbocycles. The van der Waals surface area contributed by atoms with Crippen molar-refractivity contribution in [2.24, 2.45) is 0 Å². The second kappa shape index (κ2) is 3.37. The number of hydrogen-bond acceptors (Lipinski definition) is 5. The van der Waals surface area contributed by atoms with Crippen LogP contribution in [0.15, 0.2) is 0 Å². The van der Waals surface area contributed by atoms with E-state index in [0.717, 1.165) is 11.6 Å². The number of hydrogen-bond donors (Lipinski definition) is 1. The van der Waals surface area contributed by atoms with Gasteiger partial charge in [0.05, 0.1) is 6.54 Å². The smallest absolute Gasteiger partial charge is 0.203 e. The van der Waals surface area contributed by atoms with E-state index in [1.165, 1.54) is 37.3 Å². The van der Waals surface area contributed by atoms with Crippen molar-refractivity contribution in [2.75, 3.05) is 18.8 Å². The zero-order valence-electron chi connectivity index (χ0n) is 6.86. The van der Waals surface area contributed by atoms with Gasteiger partial charge in [-0.2, -0.15) is 0 Å². The normalized spacial score (nSPS) is 18.7. The second-order valence-corrected chi connectivity index (χ2v) is 4.11. The highest BCUT2D eigenvalue weighted by Gasteiger charge is 2.13. The lowest BCUT2D eigenvalue weighted by molar-refractivity contribution is 0.330. The van der Waals surface area contributed by atoms with Gasteiger partial charge in [0.25, 0.3) is 0 Å². The fourth-order valence-electron chi connectivity index (χ4n) is 1.46. The van der Waals surface area contributed by atoms with Crippen LogP contribution in [0.1, 0.15) is 17.8 Å². The molecule has 66 valence electrons. The van der Waals surface area contributed by atoms with Crippen LogP contribution in [0.2, 0.25) is 0 Å². The third kappa shape index (κ3) is 1.73. The maximum absolute atomic E-state index is 5.48. The maximum atomic E-state index is 5.48. The van der Waals surface area contributed by atoms with Crippen molar-refractivity contribution in [1.29, 1.82) is 0 Å². The molecule has 0 atom stereocenters. The van der Waals surface area contributed by atoms with Crippen LogP contribution < -0.4 is 5.73 Å². The number of likely N-dealkylation sites (tertiary alicyclic amines) is 1. The number of nitrogen functional groups attached to an aromatic ring is 1. The van der Waals surface area contributed by atoms with Gasteiger partial charge in [0, 0.05) is 0 Å². The van der Waals surface area contributed by atoms with Crippen molar-refractivity contribution in [3.8, 4) is 0 Å². The SMILES string of the molecule is Nc1nnc(CN2CCCC2)s1. The lowest BCUT2D eigenvalue weighted by Crippen LogP contribution is -2.18. The highest BCUT2D eigenvalue weighted by Crippen LogP contribution is 2.16. The van der Waals surface area contributed by atoms with E-state index in [1.807, 2.05) is 0 Å². The molecule has 0 amide bonds. The maximum Gasteiger partial charge on any atom is 0.203 e. The van der Waals surface area contributed by atoms with E-state index in [2.05, 4.69) is 15.1 Å². The van der Waals surface area contributed by atoms with Gasteiger partial charge in [-0.05, 0) is 25.9 Å². The molecule has 4 nitrogen and oxygen atoms in total. The Morgan fingerprint density at radius 3 is 2.67 bits per heavy atom. The summed E-state index contributed by atoms with van der Waals surface area (Å²) in [6, 6.07) is 0. The van der Waals surface area contributed by atoms with Crippen LogP contribution in [0.3, 0.4) is 0 Å². The van der Waals surface area contributed by atoms with Crippen molar-refractivity contribution < 1.29 is 0 Å². The summed E-state index contributed by atoms with van der Waals surface area (Å²) < 4.78 is 0. The van der Waals surface area contributed by atoms with Crippen molar-refractivity contribution >= 4 is 16.5 Å². The third-order valence-corrected chi connectivity index (χ3v) is 2.78. The first-order chi connectivity index (χ1) is 5.84. The van der Waals surface area contributed by atoms with Crippen molar-refractivity contribution in [2.45, 2.75) is 19.4 Å². The van der Waals surface area contributed by atoms with Gasteiger partial charge in [-0.1, -0.05) is 11.3 Å². The summed E-state index contributed by atoms with van der Waals surface area (Å²) in [7, 11) is 0.